The van der Waals surface area contributed by atoms with Gasteiger partial charge in [-0.2, -0.15) is 0 Å². The van der Waals surface area contributed by atoms with E-state index >= 15 is 0 Å². The molecule has 0 radical (unpaired) electrons. The summed E-state index contributed by atoms with van der Waals surface area (Å²) < 4.78 is 13.4. The molecule has 0 aliphatic carbocycles. The number of hydrogen-bond donors (Lipinski definition) is 1. The lowest BCUT2D eigenvalue weighted by molar-refractivity contribution is 0.629. The zero-order valence-corrected chi connectivity index (χ0v) is 11.4. The van der Waals surface area contributed by atoms with Gasteiger partial charge >= 0.3 is 0 Å². The van der Waals surface area contributed by atoms with Gasteiger partial charge in [0.15, 0.2) is 0 Å². The monoisotopic (exact) mass is 271 g/mol. The summed E-state index contributed by atoms with van der Waals surface area (Å²) in [5.41, 5.74) is 2.29. The third kappa shape index (κ3) is 2.38. The molecule has 1 nitrogen and oxygen atoms in total. The number of rotatable bonds is 3. The first-order valence-electron chi connectivity index (χ1n) is 6.30. The van der Waals surface area contributed by atoms with Crippen LogP contribution in [0.2, 0.25) is 0 Å². The quantitative estimate of drug-likeness (QED) is 0.707. The molecule has 0 amide bonds. The highest BCUT2D eigenvalue weighted by molar-refractivity contribution is 7.99. The predicted molar refractivity (Wildman–Crippen MR) is 78.2 cm³/mol. The van der Waals surface area contributed by atoms with E-state index in [0.717, 1.165) is 22.2 Å². The summed E-state index contributed by atoms with van der Waals surface area (Å²) in [6, 6.07) is 13.2. The molecular formula is C16H14FNS. The number of H-pyrrole nitrogens is 1. The Labute approximate surface area is 115 Å². The average molecular weight is 271 g/mol. The van der Waals surface area contributed by atoms with Crippen LogP contribution in [0.1, 0.15) is 12.5 Å². The molecular weight excluding hydrogens is 257 g/mol. The third-order valence-corrected chi connectivity index (χ3v) is 4.36. The summed E-state index contributed by atoms with van der Waals surface area (Å²) in [5, 5.41) is 0.941. The fourth-order valence-electron chi connectivity index (χ4n) is 2.17. The Hall–Kier alpha value is -1.74. The third-order valence-electron chi connectivity index (χ3n) is 3.18. The van der Waals surface area contributed by atoms with Gasteiger partial charge in [-0.15, -0.1) is 0 Å². The van der Waals surface area contributed by atoms with E-state index in [1.807, 2.05) is 12.3 Å². The molecule has 3 aromatic rings. The van der Waals surface area contributed by atoms with Gasteiger partial charge in [-0.1, -0.05) is 36.9 Å². The summed E-state index contributed by atoms with van der Waals surface area (Å²) in [6.45, 7) is 2.15. The Morgan fingerprint density at radius 3 is 2.79 bits per heavy atom. The minimum atomic E-state index is -0.197. The van der Waals surface area contributed by atoms with E-state index in [9.17, 15) is 4.39 Å². The van der Waals surface area contributed by atoms with Gasteiger partial charge < -0.3 is 4.98 Å². The predicted octanol–water partition coefficient (Wildman–Crippen LogP) is 5.02. The van der Waals surface area contributed by atoms with Gasteiger partial charge in [0, 0.05) is 26.9 Å². The van der Waals surface area contributed by atoms with E-state index in [-0.39, 0.29) is 5.82 Å². The summed E-state index contributed by atoms with van der Waals surface area (Å²) in [7, 11) is 0. The Kier molecular flexibility index (Phi) is 3.30. The van der Waals surface area contributed by atoms with Gasteiger partial charge in [0.25, 0.3) is 0 Å². The van der Waals surface area contributed by atoms with Crippen molar-refractivity contribution in [1.29, 1.82) is 0 Å². The second-order valence-electron chi connectivity index (χ2n) is 4.41. The average Bonchev–Trinajstić information content (AvgIpc) is 2.82. The van der Waals surface area contributed by atoms with Gasteiger partial charge in [0.05, 0.1) is 0 Å². The standard InChI is InChI=1S/C16H14FNS/c1-2-11-5-3-4-6-15(11)19-16-10-18-14-8-7-12(17)9-13(14)16/h3-10,18H,2H2,1H3. The van der Waals surface area contributed by atoms with Gasteiger partial charge in [-0.25, -0.2) is 4.39 Å². The highest BCUT2D eigenvalue weighted by atomic mass is 32.2. The molecule has 0 aliphatic heterocycles. The molecule has 0 saturated carbocycles. The lowest BCUT2D eigenvalue weighted by atomic mass is 10.2. The molecule has 96 valence electrons. The highest BCUT2D eigenvalue weighted by Crippen LogP contribution is 2.35. The minimum absolute atomic E-state index is 0.197. The maximum absolute atomic E-state index is 13.4. The first kappa shape index (κ1) is 12.3. The topological polar surface area (TPSA) is 15.8 Å². The minimum Gasteiger partial charge on any atom is -0.360 e. The molecule has 3 rings (SSSR count). The molecule has 0 spiro atoms. The van der Waals surface area contributed by atoms with Crippen LogP contribution in [0, 0.1) is 5.82 Å². The zero-order valence-electron chi connectivity index (χ0n) is 10.6. The number of nitrogens with one attached hydrogen (secondary N) is 1. The van der Waals surface area contributed by atoms with Crippen LogP contribution in [0.4, 0.5) is 4.39 Å². The lowest BCUT2D eigenvalue weighted by Crippen LogP contribution is -1.83. The van der Waals surface area contributed by atoms with Crippen molar-refractivity contribution in [3.8, 4) is 0 Å². The van der Waals surface area contributed by atoms with Crippen molar-refractivity contribution in [1.82, 2.24) is 4.98 Å². The number of hydrogen-bond acceptors (Lipinski definition) is 1. The van der Waals surface area contributed by atoms with Crippen molar-refractivity contribution >= 4 is 22.7 Å². The molecule has 1 N–H and O–H groups in total. The summed E-state index contributed by atoms with van der Waals surface area (Å²) in [4.78, 5) is 5.48. The number of halogens is 1. The van der Waals surface area contributed by atoms with E-state index in [1.54, 1.807) is 23.9 Å². The molecule has 0 atom stereocenters. The van der Waals surface area contributed by atoms with Crippen molar-refractivity contribution in [2.45, 2.75) is 23.1 Å². The first-order chi connectivity index (χ1) is 9.28. The van der Waals surface area contributed by atoms with Crippen LogP contribution in [-0.4, -0.2) is 4.98 Å². The Bertz CT molecular complexity index is 718. The normalized spacial score (nSPS) is 11.1. The van der Waals surface area contributed by atoms with Gasteiger partial charge in [-0.05, 0) is 36.2 Å². The molecule has 1 heterocycles. The number of fused-ring (bicyclic) bond motifs is 1. The fraction of sp³-hybridized carbons (Fsp3) is 0.125. The van der Waals surface area contributed by atoms with E-state index in [2.05, 4.69) is 30.1 Å². The number of aryl methyl sites for hydroxylation is 1. The summed E-state index contributed by atoms with van der Waals surface area (Å²) in [5.74, 6) is -0.197. The van der Waals surface area contributed by atoms with E-state index in [4.69, 9.17) is 0 Å². The van der Waals surface area contributed by atoms with Crippen LogP contribution in [0.3, 0.4) is 0 Å². The van der Waals surface area contributed by atoms with Crippen LogP contribution >= 0.6 is 11.8 Å². The van der Waals surface area contributed by atoms with Crippen LogP contribution in [-0.2, 0) is 6.42 Å². The molecule has 0 bridgehead atoms. The number of aromatic nitrogens is 1. The van der Waals surface area contributed by atoms with Crippen molar-refractivity contribution in [2.75, 3.05) is 0 Å². The maximum atomic E-state index is 13.4. The van der Waals surface area contributed by atoms with E-state index in [0.29, 0.717) is 0 Å². The van der Waals surface area contributed by atoms with Gasteiger partial charge in [0.2, 0.25) is 0 Å². The van der Waals surface area contributed by atoms with Gasteiger partial charge in [0.1, 0.15) is 5.82 Å². The van der Waals surface area contributed by atoms with Crippen LogP contribution in [0.5, 0.6) is 0 Å². The lowest BCUT2D eigenvalue weighted by Gasteiger charge is -2.06. The Balaban J connectivity index is 2.03. The van der Waals surface area contributed by atoms with Gasteiger partial charge in [-0.3, -0.25) is 0 Å². The van der Waals surface area contributed by atoms with E-state index < -0.39 is 0 Å². The first-order valence-corrected chi connectivity index (χ1v) is 7.12. The summed E-state index contributed by atoms with van der Waals surface area (Å²) in [6.07, 6.45) is 2.95. The van der Waals surface area contributed by atoms with Crippen LogP contribution < -0.4 is 0 Å². The molecule has 0 saturated heterocycles. The smallest absolute Gasteiger partial charge is 0.123 e. The van der Waals surface area contributed by atoms with Crippen molar-refractivity contribution in [3.05, 3.63) is 60.0 Å². The molecule has 1 aromatic heterocycles. The SMILES string of the molecule is CCc1ccccc1Sc1c[nH]c2ccc(F)cc12. The van der Waals surface area contributed by atoms with Crippen LogP contribution in [0.25, 0.3) is 10.9 Å². The maximum Gasteiger partial charge on any atom is 0.123 e. The zero-order chi connectivity index (χ0) is 13.2. The molecule has 2 aromatic carbocycles. The molecule has 0 aliphatic rings. The number of benzene rings is 2. The van der Waals surface area contributed by atoms with Crippen LogP contribution in [0.15, 0.2) is 58.5 Å². The molecule has 0 fully saturated rings. The second-order valence-corrected chi connectivity index (χ2v) is 5.49. The Morgan fingerprint density at radius 2 is 1.95 bits per heavy atom. The van der Waals surface area contributed by atoms with Crippen molar-refractivity contribution in [2.24, 2.45) is 0 Å². The summed E-state index contributed by atoms with van der Waals surface area (Å²) >= 11 is 1.69. The fourth-order valence-corrected chi connectivity index (χ4v) is 3.29. The molecule has 3 heteroatoms. The van der Waals surface area contributed by atoms with Crippen molar-refractivity contribution in [3.63, 3.8) is 0 Å². The molecule has 19 heavy (non-hydrogen) atoms. The highest BCUT2D eigenvalue weighted by Gasteiger charge is 2.08. The number of aromatic amines is 1. The molecule has 0 unspecified atom stereocenters. The second kappa shape index (κ2) is 5.10. The Morgan fingerprint density at radius 1 is 1.11 bits per heavy atom. The van der Waals surface area contributed by atoms with Crippen molar-refractivity contribution < 1.29 is 4.39 Å². The van der Waals surface area contributed by atoms with E-state index in [1.165, 1.54) is 16.5 Å². The largest absolute Gasteiger partial charge is 0.360 e.